The van der Waals surface area contributed by atoms with Crippen LogP contribution in [0.15, 0.2) is 42.5 Å². The third-order valence-corrected chi connectivity index (χ3v) is 3.51. The molecule has 2 N–H and O–H groups in total. The van der Waals surface area contributed by atoms with Crippen LogP contribution in [-0.4, -0.2) is 25.4 Å². The fourth-order valence-corrected chi connectivity index (χ4v) is 2.24. The number of aryl methyl sites for hydroxylation is 1. The van der Waals surface area contributed by atoms with Crippen molar-refractivity contribution in [2.24, 2.45) is 0 Å². The number of halogens is 1. The van der Waals surface area contributed by atoms with E-state index in [-0.39, 0.29) is 0 Å². The summed E-state index contributed by atoms with van der Waals surface area (Å²) < 4.78 is 10.9. The van der Waals surface area contributed by atoms with Gasteiger partial charge in [0.15, 0.2) is 10.9 Å². The highest BCUT2D eigenvalue weighted by Gasteiger charge is 2.08. The minimum atomic E-state index is 0.484. The van der Waals surface area contributed by atoms with Gasteiger partial charge in [0.1, 0.15) is 5.75 Å². The molecule has 0 heterocycles. The molecule has 122 valence electrons. The lowest BCUT2D eigenvalue weighted by molar-refractivity contribution is 0.204. The molecule has 2 rings (SSSR count). The number of thiocarbonyl (C=S) groups is 1. The summed E-state index contributed by atoms with van der Waals surface area (Å²) in [6.45, 7) is 3.23. The standard InChI is InChI=1S/C17H19ClN2O2S/c1-12-3-6-14(7-4-12)22-16-8-5-13(18)11-15(16)20-17(23)19-9-10-21-2/h3-8,11H,9-10H2,1-2H3,(H2,19,20,23). The van der Waals surface area contributed by atoms with Crippen molar-refractivity contribution in [2.45, 2.75) is 6.92 Å². The molecule has 0 aliphatic heterocycles. The maximum atomic E-state index is 6.07. The van der Waals surface area contributed by atoms with E-state index in [4.69, 9.17) is 33.3 Å². The Hall–Kier alpha value is -1.82. The first kappa shape index (κ1) is 17.5. The number of ether oxygens (including phenoxy) is 2. The highest BCUT2D eigenvalue weighted by molar-refractivity contribution is 7.80. The molecular weight excluding hydrogens is 332 g/mol. The number of methoxy groups -OCH3 is 1. The maximum Gasteiger partial charge on any atom is 0.170 e. The summed E-state index contributed by atoms with van der Waals surface area (Å²) in [6, 6.07) is 13.2. The summed E-state index contributed by atoms with van der Waals surface area (Å²) in [6.07, 6.45) is 0. The molecule has 0 amide bonds. The van der Waals surface area contributed by atoms with Crippen molar-refractivity contribution in [3.63, 3.8) is 0 Å². The smallest absolute Gasteiger partial charge is 0.170 e. The molecule has 0 bridgehead atoms. The Morgan fingerprint density at radius 2 is 1.91 bits per heavy atom. The Morgan fingerprint density at radius 1 is 1.17 bits per heavy atom. The minimum absolute atomic E-state index is 0.484. The van der Waals surface area contributed by atoms with Gasteiger partial charge in [0.25, 0.3) is 0 Å². The van der Waals surface area contributed by atoms with Crippen molar-refractivity contribution >= 4 is 34.6 Å². The first-order valence-corrected chi connectivity index (χ1v) is 7.95. The lowest BCUT2D eigenvalue weighted by atomic mass is 10.2. The van der Waals surface area contributed by atoms with Crippen LogP contribution in [0.2, 0.25) is 5.02 Å². The average molecular weight is 351 g/mol. The van der Waals surface area contributed by atoms with E-state index >= 15 is 0 Å². The predicted octanol–water partition coefficient (Wildman–Crippen LogP) is 4.37. The summed E-state index contributed by atoms with van der Waals surface area (Å²) in [5.74, 6) is 1.40. The average Bonchev–Trinajstić information content (AvgIpc) is 2.52. The lowest BCUT2D eigenvalue weighted by Crippen LogP contribution is -2.31. The maximum absolute atomic E-state index is 6.07. The molecule has 0 unspecified atom stereocenters. The minimum Gasteiger partial charge on any atom is -0.455 e. The molecule has 0 fully saturated rings. The topological polar surface area (TPSA) is 42.5 Å². The lowest BCUT2D eigenvalue weighted by Gasteiger charge is -2.15. The molecule has 4 nitrogen and oxygen atoms in total. The molecule has 2 aromatic rings. The molecule has 0 aromatic heterocycles. The normalized spacial score (nSPS) is 10.2. The van der Waals surface area contributed by atoms with Gasteiger partial charge in [-0.2, -0.15) is 0 Å². The molecule has 0 saturated carbocycles. The van der Waals surface area contributed by atoms with Crippen LogP contribution in [0.4, 0.5) is 5.69 Å². The molecule has 0 aliphatic rings. The summed E-state index contributed by atoms with van der Waals surface area (Å²) in [5, 5.41) is 7.23. The summed E-state index contributed by atoms with van der Waals surface area (Å²) in [4.78, 5) is 0. The molecule has 0 radical (unpaired) electrons. The molecule has 23 heavy (non-hydrogen) atoms. The number of hydrogen-bond donors (Lipinski definition) is 2. The number of rotatable bonds is 6. The van der Waals surface area contributed by atoms with Crippen molar-refractivity contribution in [1.82, 2.24) is 5.32 Å². The van der Waals surface area contributed by atoms with Gasteiger partial charge in [-0.15, -0.1) is 0 Å². The second kappa shape index (κ2) is 8.72. The van der Waals surface area contributed by atoms with Crippen LogP contribution in [0, 0.1) is 6.92 Å². The molecule has 2 aromatic carbocycles. The van der Waals surface area contributed by atoms with E-state index in [1.54, 1.807) is 19.2 Å². The van der Waals surface area contributed by atoms with Crippen molar-refractivity contribution in [1.29, 1.82) is 0 Å². The molecule has 0 aliphatic carbocycles. The number of anilines is 1. The molecule has 0 atom stereocenters. The van der Waals surface area contributed by atoms with Crippen LogP contribution >= 0.6 is 23.8 Å². The fourth-order valence-electron chi connectivity index (χ4n) is 1.86. The first-order valence-electron chi connectivity index (χ1n) is 7.16. The Balaban J connectivity index is 2.10. The molecule has 0 spiro atoms. The zero-order chi connectivity index (χ0) is 16.7. The van der Waals surface area contributed by atoms with E-state index < -0.39 is 0 Å². The summed E-state index contributed by atoms with van der Waals surface area (Å²) in [5.41, 5.74) is 1.88. The van der Waals surface area contributed by atoms with Gasteiger partial charge in [0.05, 0.1) is 12.3 Å². The second-order valence-corrected chi connectivity index (χ2v) is 5.77. The fraction of sp³-hybridized carbons (Fsp3) is 0.235. The Labute approximate surface area is 146 Å². The van der Waals surface area contributed by atoms with Crippen LogP contribution in [0.1, 0.15) is 5.56 Å². The Morgan fingerprint density at radius 3 is 2.61 bits per heavy atom. The Bertz CT molecular complexity index is 662. The van der Waals surface area contributed by atoms with E-state index in [1.807, 2.05) is 37.3 Å². The van der Waals surface area contributed by atoms with E-state index in [9.17, 15) is 0 Å². The van der Waals surface area contributed by atoms with Crippen molar-refractivity contribution < 1.29 is 9.47 Å². The monoisotopic (exact) mass is 350 g/mol. The van der Waals surface area contributed by atoms with Gasteiger partial charge in [-0.1, -0.05) is 29.3 Å². The first-order chi connectivity index (χ1) is 11.1. The number of hydrogen-bond acceptors (Lipinski definition) is 3. The molecular formula is C17H19ClN2O2S. The second-order valence-electron chi connectivity index (χ2n) is 4.93. The highest BCUT2D eigenvalue weighted by Crippen LogP contribution is 2.32. The van der Waals surface area contributed by atoms with Gasteiger partial charge in [0.2, 0.25) is 0 Å². The third kappa shape index (κ3) is 5.71. The van der Waals surface area contributed by atoms with Gasteiger partial charge in [-0.05, 0) is 49.5 Å². The Kier molecular flexibility index (Phi) is 6.65. The molecule has 0 saturated heterocycles. The van der Waals surface area contributed by atoms with Crippen molar-refractivity contribution in [2.75, 3.05) is 25.6 Å². The number of nitrogens with one attached hydrogen (secondary N) is 2. The van der Waals surface area contributed by atoms with Gasteiger partial charge in [0, 0.05) is 18.7 Å². The number of benzene rings is 2. The van der Waals surface area contributed by atoms with Crippen molar-refractivity contribution in [3.05, 3.63) is 53.1 Å². The third-order valence-electron chi connectivity index (χ3n) is 3.03. The van der Waals surface area contributed by atoms with E-state index in [0.717, 1.165) is 5.75 Å². The molecule has 6 heteroatoms. The van der Waals surface area contributed by atoms with Crippen LogP contribution in [0.5, 0.6) is 11.5 Å². The van der Waals surface area contributed by atoms with E-state index in [2.05, 4.69) is 10.6 Å². The zero-order valence-corrected chi connectivity index (χ0v) is 14.6. The van der Waals surface area contributed by atoms with Gasteiger partial charge >= 0.3 is 0 Å². The van der Waals surface area contributed by atoms with Crippen molar-refractivity contribution in [3.8, 4) is 11.5 Å². The predicted molar refractivity (Wildman–Crippen MR) is 98.8 cm³/mol. The van der Waals surface area contributed by atoms with Gasteiger partial charge < -0.3 is 20.1 Å². The van der Waals surface area contributed by atoms with Crippen LogP contribution in [-0.2, 0) is 4.74 Å². The quantitative estimate of drug-likeness (QED) is 0.598. The largest absolute Gasteiger partial charge is 0.455 e. The highest BCUT2D eigenvalue weighted by atomic mass is 35.5. The van der Waals surface area contributed by atoms with Crippen LogP contribution in [0.25, 0.3) is 0 Å². The van der Waals surface area contributed by atoms with Crippen LogP contribution in [0.3, 0.4) is 0 Å². The summed E-state index contributed by atoms with van der Waals surface area (Å²) in [7, 11) is 1.64. The van der Waals surface area contributed by atoms with Gasteiger partial charge in [-0.25, -0.2) is 0 Å². The SMILES string of the molecule is COCCNC(=S)Nc1cc(Cl)ccc1Oc1ccc(C)cc1. The van der Waals surface area contributed by atoms with E-state index in [0.29, 0.717) is 34.7 Å². The van der Waals surface area contributed by atoms with Crippen LogP contribution < -0.4 is 15.4 Å². The summed E-state index contributed by atoms with van der Waals surface area (Å²) >= 11 is 11.3. The zero-order valence-electron chi connectivity index (χ0n) is 13.1. The van der Waals surface area contributed by atoms with E-state index in [1.165, 1.54) is 5.56 Å². The van der Waals surface area contributed by atoms with Gasteiger partial charge in [-0.3, -0.25) is 0 Å².